The molecule has 2 rings (SSSR count). The van der Waals surface area contributed by atoms with E-state index in [-0.39, 0.29) is 24.0 Å². The number of hydrogen-bond donors (Lipinski definition) is 2. The van der Waals surface area contributed by atoms with Crippen LogP contribution < -0.4 is 15.4 Å². The van der Waals surface area contributed by atoms with Gasteiger partial charge in [0, 0.05) is 19.3 Å². The van der Waals surface area contributed by atoms with Gasteiger partial charge >= 0.3 is 0 Å². The molecule has 132 valence electrons. The van der Waals surface area contributed by atoms with Crippen molar-refractivity contribution in [1.29, 1.82) is 0 Å². The van der Waals surface area contributed by atoms with Gasteiger partial charge in [-0.15, -0.1) is 24.0 Å². The molecule has 0 unspecified atom stereocenters. The normalized spacial score (nSPS) is 10.9. The predicted octanol–water partition coefficient (Wildman–Crippen LogP) is 2.57. The lowest BCUT2D eigenvalue weighted by Gasteiger charge is -2.11. The molecular formula is C17H26IN5O. The summed E-state index contributed by atoms with van der Waals surface area (Å²) in [5.74, 6) is 1.67. The molecule has 0 aliphatic heterocycles. The Morgan fingerprint density at radius 1 is 1.25 bits per heavy atom. The van der Waals surface area contributed by atoms with Gasteiger partial charge in [0.2, 0.25) is 0 Å². The molecule has 1 heterocycles. The predicted molar refractivity (Wildman–Crippen MR) is 108 cm³/mol. The van der Waals surface area contributed by atoms with Crippen LogP contribution in [0.5, 0.6) is 5.75 Å². The Morgan fingerprint density at radius 2 is 2.00 bits per heavy atom. The first kappa shape index (κ1) is 20.3. The zero-order chi connectivity index (χ0) is 16.5. The van der Waals surface area contributed by atoms with Crippen LogP contribution in [-0.4, -0.2) is 35.9 Å². The van der Waals surface area contributed by atoms with Crippen molar-refractivity contribution in [2.45, 2.75) is 26.9 Å². The number of ether oxygens (including phenoxy) is 1. The molecule has 24 heavy (non-hydrogen) atoms. The van der Waals surface area contributed by atoms with Crippen molar-refractivity contribution in [3.8, 4) is 5.75 Å². The molecule has 6 nitrogen and oxygen atoms in total. The standard InChI is InChI=1S/C17H25N5O.HI/c1-4-18-17(19-9-10-22-13-14(2)11-21-22)20-12-15-5-7-16(23-3)8-6-15;/h5-8,11,13H,4,9-10,12H2,1-3H3,(H2,18,19,20);1H. The second-order valence-corrected chi connectivity index (χ2v) is 5.25. The molecule has 0 radical (unpaired) electrons. The smallest absolute Gasteiger partial charge is 0.191 e. The molecule has 2 aromatic rings. The number of nitrogens with zero attached hydrogens (tertiary/aromatic N) is 3. The zero-order valence-electron chi connectivity index (χ0n) is 14.5. The van der Waals surface area contributed by atoms with Gasteiger partial charge < -0.3 is 15.4 Å². The van der Waals surface area contributed by atoms with Gasteiger partial charge in [0.05, 0.1) is 26.4 Å². The van der Waals surface area contributed by atoms with Crippen LogP contribution in [0, 0.1) is 6.92 Å². The summed E-state index contributed by atoms with van der Waals surface area (Å²) >= 11 is 0. The highest BCUT2D eigenvalue weighted by Crippen LogP contribution is 2.11. The fourth-order valence-electron chi connectivity index (χ4n) is 2.12. The average molecular weight is 443 g/mol. The minimum absolute atomic E-state index is 0. The number of aromatic nitrogens is 2. The summed E-state index contributed by atoms with van der Waals surface area (Å²) in [5.41, 5.74) is 2.32. The van der Waals surface area contributed by atoms with Crippen LogP contribution in [0.1, 0.15) is 18.1 Å². The van der Waals surface area contributed by atoms with Crippen LogP contribution in [-0.2, 0) is 13.1 Å². The minimum atomic E-state index is 0. The van der Waals surface area contributed by atoms with Gasteiger partial charge in [-0.1, -0.05) is 12.1 Å². The molecule has 0 fully saturated rings. The van der Waals surface area contributed by atoms with Gasteiger partial charge in [0.15, 0.2) is 5.96 Å². The third-order valence-electron chi connectivity index (χ3n) is 3.32. The van der Waals surface area contributed by atoms with Crippen molar-refractivity contribution in [1.82, 2.24) is 20.4 Å². The Morgan fingerprint density at radius 3 is 2.58 bits per heavy atom. The van der Waals surface area contributed by atoms with Gasteiger partial charge in [-0.3, -0.25) is 4.68 Å². The lowest BCUT2D eigenvalue weighted by Crippen LogP contribution is -2.38. The molecule has 1 aromatic heterocycles. The highest BCUT2D eigenvalue weighted by molar-refractivity contribution is 14.0. The van der Waals surface area contributed by atoms with E-state index in [0.29, 0.717) is 6.54 Å². The monoisotopic (exact) mass is 443 g/mol. The minimum Gasteiger partial charge on any atom is -0.497 e. The molecular weight excluding hydrogens is 417 g/mol. The van der Waals surface area contributed by atoms with Crippen LogP contribution in [0.15, 0.2) is 41.7 Å². The summed E-state index contributed by atoms with van der Waals surface area (Å²) in [5, 5.41) is 10.8. The number of nitrogens with one attached hydrogen (secondary N) is 2. The summed E-state index contributed by atoms with van der Waals surface area (Å²) in [4.78, 5) is 4.60. The highest BCUT2D eigenvalue weighted by Gasteiger charge is 1.99. The topological polar surface area (TPSA) is 63.5 Å². The largest absolute Gasteiger partial charge is 0.497 e. The van der Waals surface area contributed by atoms with Crippen LogP contribution in [0.25, 0.3) is 0 Å². The van der Waals surface area contributed by atoms with Gasteiger partial charge in [-0.2, -0.15) is 5.10 Å². The van der Waals surface area contributed by atoms with Crippen molar-refractivity contribution >= 4 is 29.9 Å². The van der Waals surface area contributed by atoms with E-state index in [1.807, 2.05) is 48.3 Å². The second-order valence-electron chi connectivity index (χ2n) is 5.25. The van der Waals surface area contributed by atoms with Crippen LogP contribution in [0.2, 0.25) is 0 Å². The third-order valence-corrected chi connectivity index (χ3v) is 3.32. The fraction of sp³-hybridized carbons (Fsp3) is 0.412. The Bertz CT molecular complexity index is 624. The average Bonchev–Trinajstić information content (AvgIpc) is 2.98. The third kappa shape index (κ3) is 6.77. The Kier molecular flexibility index (Phi) is 9.21. The fourth-order valence-corrected chi connectivity index (χ4v) is 2.12. The Balaban J connectivity index is 0.00000288. The molecule has 1 aromatic carbocycles. The quantitative estimate of drug-likeness (QED) is 0.393. The molecule has 7 heteroatoms. The number of methoxy groups -OCH3 is 1. The molecule has 0 saturated heterocycles. The summed E-state index contributed by atoms with van der Waals surface area (Å²) in [7, 11) is 1.67. The molecule has 2 N–H and O–H groups in total. The zero-order valence-corrected chi connectivity index (χ0v) is 16.8. The van der Waals surface area contributed by atoms with E-state index in [2.05, 4.69) is 27.6 Å². The maximum Gasteiger partial charge on any atom is 0.191 e. The number of halogens is 1. The second kappa shape index (κ2) is 10.9. The lowest BCUT2D eigenvalue weighted by molar-refractivity contribution is 0.414. The summed E-state index contributed by atoms with van der Waals surface area (Å²) < 4.78 is 7.09. The van der Waals surface area contributed by atoms with Crippen molar-refractivity contribution in [3.05, 3.63) is 47.8 Å². The first-order chi connectivity index (χ1) is 11.2. The molecule has 0 spiro atoms. The maximum atomic E-state index is 5.16. The van der Waals surface area contributed by atoms with Crippen molar-refractivity contribution in [2.24, 2.45) is 4.99 Å². The molecule has 0 amide bonds. The summed E-state index contributed by atoms with van der Waals surface area (Å²) in [6.45, 7) is 7.13. The maximum absolute atomic E-state index is 5.16. The number of rotatable bonds is 7. The van der Waals surface area contributed by atoms with Gasteiger partial charge in [-0.05, 0) is 37.1 Å². The molecule has 0 aliphatic carbocycles. The van der Waals surface area contributed by atoms with Crippen molar-refractivity contribution in [3.63, 3.8) is 0 Å². The van der Waals surface area contributed by atoms with Gasteiger partial charge in [0.1, 0.15) is 5.75 Å². The van der Waals surface area contributed by atoms with E-state index in [9.17, 15) is 0 Å². The Labute approximate surface area is 160 Å². The number of aliphatic imine (C=N–C) groups is 1. The summed E-state index contributed by atoms with van der Waals surface area (Å²) in [6.07, 6.45) is 3.89. The first-order valence-electron chi connectivity index (χ1n) is 7.85. The van der Waals surface area contributed by atoms with Crippen LogP contribution in [0.4, 0.5) is 0 Å². The number of hydrogen-bond acceptors (Lipinski definition) is 3. The van der Waals surface area contributed by atoms with Crippen molar-refractivity contribution in [2.75, 3.05) is 20.2 Å². The SMILES string of the molecule is CCNC(=NCc1ccc(OC)cc1)NCCn1cc(C)cn1.I. The molecule has 0 saturated carbocycles. The number of aryl methyl sites for hydroxylation is 1. The molecule has 0 aliphatic rings. The van der Waals surface area contributed by atoms with Crippen LogP contribution >= 0.6 is 24.0 Å². The molecule has 0 bridgehead atoms. The molecule has 0 atom stereocenters. The van der Waals surface area contributed by atoms with Gasteiger partial charge in [-0.25, -0.2) is 4.99 Å². The number of benzene rings is 1. The Hall–Kier alpha value is -1.77. The van der Waals surface area contributed by atoms with Crippen molar-refractivity contribution < 1.29 is 4.74 Å². The van der Waals surface area contributed by atoms with E-state index >= 15 is 0 Å². The van der Waals surface area contributed by atoms with E-state index in [1.165, 1.54) is 5.56 Å². The highest BCUT2D eigenvalue weighted by atomic mass is 127. The lowest BCUT2D eigenvalue weighted by atomic mass is 10.2. The van der Waals surface area contributed by atoms with Gasteiger partial charge in [0.25, 0.3) is 0 Å². The van der Waals surface area contributed by atoms with E-state index in [4.69, 9.17) is 4.74 Å². The number of guanidine groups is 1. The van der Waals surface area contributed by atoms with E-state index < -0.39 is 0 Å². The summed E-state index contributed by atoms with van der Waals surface area (Å²) in [6, 6.07) is 7.95. The van der Waals surface area contributed by atoms with E-state index in [1.54, 1.807) is 7.11 Å². The first-order valence-corrected chi connectivity index (χ1v) is 7.85. The van der Waals surface area contributed by atoms with E-state index in [0.717, 1.165) is 36.9 Å². The van der Waals surface area contributed by atoms with Crippen LogP contribution in [0.3, 0.4) is 0 Å².